The normalized spacial score (nSPS) is 10.4. The Kier molecular flexibility index (Phi) is 5.02. The fourth-order valence-corrected chi connectivity index (χ4v) is 2.34. The van der Waals surface area contributed by atoms with E-state index in [1.807, 2.05) is 0 Å². The number of carbonyl (C=O) groups is 1. The number of aliphatic carboxylic acids is 1. The van der Waals surface area contributed by atoms with Gasteiger partial charge in [-0.2, -0.15) is 4.98 Å². The van der Waals surface area contributed by atoms with E-state index in [4.69, 9.17) is 23.8 Å². The largest absolute Gasteiger partial charge is 0.493 e. The number of benzene rings is 2. The minimum absolute atomic E-state index is 0.286. The van der Waals surface area contributed by atoms with Crippen molar-refractivity contribution >= 4 is 5.97 Å². The molecule has 8 nitrogen and oxygen atoms in total. The Labute approximate surface area is 148 Å². The molecule has 2 aromatic carbocycles. The number of nitrogens with zero attached hydrogens (tertiary/aromatic N) is 2. The molecule has 0 spiro atoms. The Morgan fingerprint density at radius 1 is 1.08 bits per heavy atom. The summed E-state index contributed by atoms with van der Waals surface area (Å²) in [6, 6.07) is 12.1. The number of hydrogen-bond acceptors (Lipinski definition) is 7. The van der Waals surface area contributed by atoms with Gasteiger partial charge in [0.15, 0.2) is 18.1 Å². The molecule has 0 saturated carbocycles. The van der Waals surface area contributed by atoms with Gasteiger partial charge in [-0.15, -0.1) is 0 Å². The fourth-order valence-electron chi connectivity index (χ4n) is 2.34. The number of ether oxygens (including phenoxy) is 3. The maximum absolute atomic E-state index is 10.7. The van der Waals surface area contributed by atoms with Crippen LogP contribution in [0.2, 0.25) is 0 Å². The van der Waals surface area contributed by atoms with Gasteiger partial charge in [-0.25, -0.2) is 4.79 Å². The second-order valence-electron chi connectivity index (χ2n) is 5.17. The molecule has 0 aliphatic carbocycles. The number of carboxylic acids is 1. The molecule has 1 heterocycles. The van der Waals surface area contributed by atoms with E-state index in [1.165, 1.54) is 7.11 Å². The molecule has 0 aliphatic heterocycles. The molecule has 1 N–H and O–H groups in total. The quantitative estimate of drug-likeness (QED) is 0.689. The van der Waals surface area contributed by atoms with Crippen LogP contribution >= 0.6 is 0 Å². The van der Waals surface area contributed by atoms with Crippen LogP contribution in [0.15, 0.2) is 47.0 Å². The van der Waals surface area contributed by atoms with E-state index in [2.05, 4.69) is 10.1 Å². The Morgan fingerprint density at radius 3 is 2.58 bits per heavy atom. The topological polar surface area (TPSA) is 104 Å². The van der Waals surface area contributed by atoms with Crippen LogP contribution in [0.1, 0.15) is 0 Å². The molecule has 0 aliphatic rings. The molecular weight excluding hydrogens is 340 g/mol. The molecule has 1 aromatic heterocycles. The summed E-state index contributed by atoms with van der Waals surface area (Å²) in [6.07, 6.45) is 0. The highest BCUT2D eigenvalue weighted by Crippen LogP contribution is 2.33. The van der Waals surface area contributed by atoms with Gasteiger partial charge < -0.3 is 23.8 Å². The van der Waals surface area contributed by atoms with Crippen molar-refractivity contribution in [2.45, 2.75) is 0 Å². The lowest BCUT2D eigenvalue weighted by Crippen LogP contribution is -2.10. The lowest BCUT2D eigenvalue weighted by Gasteiger charge is -2.07. The molecule has 0 amide bonds. The van der Waals surface area contributed by atoms with E-state index in [9.17, 15) is 4.79 Å². The Hall–Kier alpha value is -3.55. The Morgan fingerprint density at radius 2 is 1.85 bits per heavy atom. The molecule has 26 heavy (non-hydrogen) atoms. The predicted octanol–water partition coefficient (Wildman–Crippen LogP) is 2.88. The minimum Gasteiger partial charge on any atom is -0.493 e. The Balaban J connectivity index is 1.92. The van der Waals surface area contributed by atoms with Crippen LogP contribution in [0.5, 0.6) is 17.2 Å². The van der Waals surface area contributed by atoms with Gasteiger partial charge in [0.25, 0.3) is 5.89 Å². The second kappa shape index (κ2) is 7.56. The van der Waals surface area contributed by atoms with Crippen molar-refractivity contribution in [3.8, 4) is 40.1 Å². The van der Waals surface area contributed by atoms with Crippen molar-refractivity contribution in [1.29, 1.82) is 0 Å². The predicted molar refractivity (Wildman–Crippen MR) is 91.4 cm³/mol. The maximum atomic E-state index is 10.7. The maximum Gasteiger partial charge on any atom is 0.341 e. The summed E-state index contributed by atoms with van der Waals surface area (Å²) in [5, 5.41) is 12.7. The van der Waals surface area contributed by atoms with Gasteiger partial charge >= 0.3 is 5.97 Å². The zero-order valence-corrected chi connectivity index (χ0v) is 14.1. The SMILES string of the molecule is COc1ccc(-c2nc(-c3ccccc3OCC(=O)O)no2)cc1OC. The summed E-state index contributed by atoms with van der Waals surface area (Å²) < 4.78 is 21.1. The molecule has 3 aromatic rings. The van der Waals surface area contributed by atoms with Crippen LogP contribution in [0, 0.1) is 0 Å². The number of methoxy groups -OCH3 is 2. The smallest absolute Gasteiger partial charge is 0.341 e. The van der Waals surface area contributed by atoms with Gasteiger partial charge in [0.05, 0.1) is 19.8 Å². The van der Waals surface area contributed by atoms with Crippen LogP contribution in [0.3, 0.4) is 0 Å². The molecule has 0 fully saturated rings. The molecular formula is C18H16N2O6. The monoisotopic (exact) mass is 356 g/mol. The second-order valence-corrected chi connectivity index (χ2v) is 5.17. The van der Waals surface area contributed by atoms with E-state index < -0.39 is 12.6 Å². The number of para-hydroxylation sites is 1. The van der Waals surface area contributed by atoms with E-state index in [1.54, 1.807) is 49.6 Å². The first-order valence-electron chi connectivity index (χ1n) is 7.62. The van der Waals surface area contributed by atoms with Gasteiger partial charge in [-0.1, -0.05) is 17.3 Å². The minimum atomic E-state index is -1.07. The van der Waals surface area contributed by atoms with E-state index in [-0.39, 0.29) is 11.7 Å². The summed E-state index contributed by atoms with van der Waals surface area (Å²) in [4.78, 5) is 15.1. The first kappa shape index (κ1) is 17.3. The number of hydrogen-bond donors (Lipinski definition) is 1. The average Bonchev–Trinajstić information content (AvgIpc) is 3.16. The number of carboxylic acid groups (broad SMARTS) is 1. The number of rotatable bonds is 7. The van der Waals surface area contributed by atoms with Crippen LogP contribution in [-0.4, -0.2) is 42.0 Å². The van der Waals surface area contributed by atoms with Crippen molar-refractivity contribution in [2.75, 3.05) is 20.8 Å². The molecule has 0 unspecified atom stereocenters. The van der Waals surface area contributed by atoms with Gasteiger partial charge in [-0.3, -0.25) is 0 Å². The fraction of sp³-hybridized carbons (Fsp3) is 0.167. The van der Waals surface area contributed by atoms with E-state index in [0.29, 0.717) is 28.4 Å². The third-order valence-corrected chi connectivity index (χ3v) is 3.54. The zero-order chi connectivity index (χ0) is 18.5. The van der Waals surface area contributed by atoms with E-state index >= 15 is 0 Å². The first-order valence-corrected chi connectivity index (χ1v) is 7.62. The third kappa shape index (κ3) is 3.59. The highest BCUT2D eigenvalue weighted by molar-refractivity contribution is 5.70. The molecule has 0 bridgehead atoms. The lowest BCUT2D eigenvalue weighted by atomic mass is 10.2. The van der Waals surface area contributed by atoms with Gasteiger partial charge in [0.2, 0.25) is 5.82 Å². The van der Waals surface area contributed by atoms with Crippen molar-refractivity contribution in [1.82, 2.24) is 10.1 Å². The molecule has 0 radical (unpaired) electrons. The molecule has 8 heteroatoms. The number of aromatic nitrogens is 2. The summed E-state index contributed by atoms with van der Waals surface area (Å²) in [7, 11) is 3.09. The molecule has 0 saturated heterocycles. The zero-order valence-electron chi connectivity index (χ0n) is 14.1. The summed E-state index contributed by atoms with van der Waals surface area (Å²) >= 11 is 0. The van der Waals surface area contributed by atoms with Crippen LogP contribution in [-0.2, 0) is 4.79 Å². The third-order valence-electron chi connectivity index (χ3n) is 3.54. The van der Waals surface area contributed by atoms with Gasteiger partial charge in [0.1, 0.15) is 5.75 Å². The van der Waals surface area contributed by atoms with Crippen molar-refractivity contribution in [3.63, 3.8) is 0 Å². The highest BCUT2D eigenvalue weighted by atomic mass is 16.5. The molecule has 134 valence electrons. The standard InChI is InChI=1S/C18H16N2O6/c1-23-14-8-7-11(9-15(14)24-2)18-19-17(20-26-18)12-5-3-4-6-13(12)25-10-16(21)22/h3-9H,10H2,1-2H3,(H,21,22). The summed E-state index contributed by atoms with van der Waals surface area (Å²) in [6.45, 7) is -0.461. The molecule has 0 atom stereocenters. The summed E-state index contributed by atoms with van der Waals surface area (Å²) in [5.41, 5.74) is 1.19. The highest BCUT2D eigenvalue weighted by Gasteiger charge is 2.16. The average molecular weight is 356 g/mol. The van der Waals surface area contributed by atoms with Gasteiger partial charge in [-0.05, 0) is 30.3 Å². The lowest BCUT2D eigenvalue weighted by molar-refractivity contribution is -0.139. The Bertz CT molecular complexity index is 922. The van der Waals surface area contributed by atoms with Crippen LogP contribution in [0.4, 0.5) is 0 Å². The van der Waals surface area contributed by atoms with Crippen LogP contribution in [0.25, 0.3) is 22.8 Å². The van der Waals surface area contributed by atoms with Crippen LogP contribution < -0.4 is 14.2 Å². The van der Waals surface area contributed by atoms with Crippen molar-refractivity contribution in [3.05, 3.63) is 42.5 Å². The van der Waals surface area contributed by atoms with Crippen molar-refractivity contribution < 1.29 is 28.6 Å². The summed E-state index contributed by atoms with van der Waals surface area (Å²) in [5.74, 6) is 0.983. The molecule has 3 rings (SSSR count). The van der Waals surface area contributed by atoms with E-state index in [0.717, 1.165) is 0 Å². The van der Waals surface area contributed by atoms with Gasteiger partial charge in [0, 0.05) is 5.56 Å². The first-order chi connectivity index (χ1) is 12.6. The van der Waals surface area contributed by atoms with Crippen molar-refractivity contribution in [2.24, 2.45) is 0 Å².